The van der Waals surface area contributed by atoms with E-state index < -0.39 is 0 Å². The molecule has 6 nitrogen and oxygen atoms in total. The molecule has 0 atom stereocenters. The zero-order valence-corrected chi connectivity index (χ0v) is 40.8. The number of hydrogen-bond acceptors (Lipinski definition) is 3. The van der Waals surface area contributed by atoms with Gasteiger partial charge < -0.3 is 13.7 Å². The summed E-state index contributed by atoms with van der Waals surface area (Å²) in [5.41, 5.74) is 19.2. The smallest absolute Gasteiger partial charge is 0.164 e. The van der Waals surface area contributed by atoms with Crippen LogP contribution in [0, 0.1) is 0 Å². The predicted molar refractivity (Wildman–Crippen MR) is 305 cm³/mol. The van der Waals surface area contributed by atoms with E-state index in [0.29, 0.717) is 17.5 Å². The molecule has 0 unspecified atom stereocenters. The number of hydrogen-bond donors (Lipinski definition) is 0. The van der Waals surface area contributed by atoms with Gasteiger partial charge in [-0.15, -0.1) is 0 Å². The predicted octanol–water partition coefficient (Wildman–Crippen LogP) is 17.0. The molecule has 14 aromatic rings. The van der Waals surface area contributed by atoms with E-state index in [0.717, 1.165) is 44.8 Å². The van der Waals surface area contributed by atoms with Crippen molar-refractivity contribution in [3.8, 4) is 73.6 Å². The first kappa shape index (κ1) is 42.1. The molecule has 74 heavy (non-hydrogen) atoms. The van der Waals surface area contributed by atoms with Gasteiger partial charge in [-0.1, -0.05) is 184 Å². The van der Waals surface area contributed by atoms with Crippen LogP contribution < -0.4 is 0 Å². The highest BCUT2D eigenvalue weighted by Gasteiger charge is 2.41. The van der Waals surface area contributed by atoms with Crippen LogP contribution in [0.5, 0.6) is 0 Å². The zero-order valence-electron chi connectivity index (χ0n) is 40.8. The Morgan fingerprint density at radius 1 is 0.324 bits per heavy atom. The van der Waals surface area contributed by atoms with Crippen LogP contribution in [0.1, 0.15) is 25.0 Å². The molecule has 0 amide bonds. The second-order valence-electron chi connectivity index (χ2n) is 20.0. The Morgan fingerprint density at radius 3 is 1.47 bits per heavy atom. The Kier molecular flexibility index (Phi) is 9.20. The number of nitrogens with zero attached hydrogens (tertiary/aromatic N) is 6. The fraction of sp³-hybridized carbons (Fsp3) is 0.0441. The van der Waals surface area contributed by atoms with E-state index in [4.69, 9.17) is 15.0 Å². The van der Waals surface area contributed by atoms with Crippen molar-refractivity contribution >= 4 is 54.5 Å². The summed E-state index contributed by atoms with van der Waals surface area (Å²) in [6.45, 7) is 4.80. The van der Waals surface area contributed by atoms with Gasteiger partial charge in [0.25, 0.3) is 0 Å². The second kappa shape index (κ2) is 16.2. The molecule has 0 spiro atoms. The quantitative estimate of drug-likeness (QED) is 0.160. The lowest BCUT2D eigenvalue weighted by Crippen LogP contribution is -2.15. The zero-order chi connectivity index (χ0) is 49.1. The maximum absolute atomic E-state index is 5.19. The Hall–Kier alpha value is -9.65. The third-order valence-electron chi connectivity index (χ3n) is 15.4. The van der Waals surface area contributed by atoms with Crippen molar-refractivity contribution in [2.75, 3.05) is 0 Å². The van der Waals surface area contributed by atoms with E-state index in [9.17, 15) is 0 Å². The fourth-order valence-corrected chi connectivity index (χ4v) is 12.1. The minimum absolute atomic E-state index is 0.298. The lowest BCUT2D eigenvalue weighted by atomic mass is 9.81. The highest BCUT2D eigenvalue weighted by atomic mass is 15.1. The Labute approximate surface area is 427 Å². The second-order valence-corrected chi connectivity index (χ2v) is 20.0. The van der Waals surface area contributed by atoms with Crippen molar-refractivity contribution < 1.29 is 0 Å². The summed E-state index contributed by atoms with van der Waals surface area (Å²) in [6.07, 6.45) is 0. The van der Waals surface area contributed by atoms with Crippen LogP contribution in [0.3, 0.4) is 0 Å². The van der Waals surface area contributed by atoms with Gasteiger partial charge in [0.1, 0.15) is 0 Å². The minimum atomic E-state index is -0.298. The van der Waals surface area contributed by atoms with Gasteiger partial charge >= 0.3 is 0 Å². The van der Waals surface area contributed by atoms with Gasteiger partial charge in [-0.05, 0) is 95.1 Å². The van der Waals surface area contributed by atoms with Crippen LogP contribution in [-0.4, -0.2) is 28.7 Å². The molecule has 348 valence electrons. The first-order valence-electron chi connectivity index (χ1n) is 25.4. The molecule has 0 fully saturated rings. The molecular weight excluding hydrogens is 901 g/mol. The summed E-state index contributed by atoms with van der Waals surface area (Å²) in [5.74, 6) is 1.88. The Morgan fingerprint density at radius 2 is 0.811 bits per heavy atom. The topological polar surface area (TPSA) is 53.5 Å². The van der Waals surface area contributed by atoms with Gasteiger partial charge in [-0.25, -0.2) is 15.0 Å². The average Bonchev–Trinajstić information content (AvgIpc) is 4.19. The average molecular weight is 947 g/mol. The number of benzene rings is 10. The minimum Gasteiger partial charge on any atom is -0.309 e. The van der Waals surface area contributed by atoms with Crippen molar-refractivity contribution in [2.45, 2.75) is 19.3 Å². The molecule has 0 saturated carbocycles. The summed E-state index contributed by atoms with van der Waals surface area (Å²) in [6, 6.07) is 87.2. The monoisotopic (exact) mass is 946 g/mol. The van der Waals surface area contributed by atoms with Gasteiger partial charge in [0.05, 0.1) is 33.3 Å². The maximum atomic E-state index is 5.19. The molecular formula is C68H46N6. The van der Waals surface area contributed by atoms with Gasteiger partial charge in [0.15, 0.2) is 17.5 Å². The number of para-hydroxylation sites is 3. The van der Waals surface area contributed by atoms with Gasteiger partial charge in [-0.3, -0.25) is 0 Å². The van der Waals surface area contributed by atoms with E-state index in [1.54, 1.807) is 0 Å². The van der Waals surface area contributed by atoms with Crippen LogP contribution in [0.25, 0.3) is 128 Å². The summed E-state index contributed by atoms with van der Waals surface area (Å²) >= 11 is 0. The molecule has 0 bridgehead atoms. The molecule has 4 heterocycles. The van der Waals surface area contributed by atoms with Crippen LogP contribution >= 0.6 is 0 Å². The molecule has 0 N–H and O–H groups in total. The number of aromatic nitrogens is 6. The highest BCUT2D eigenvalue weighted by molar-refractivity contribution is 6.22. The standard InChI is InChI=1S/C68H46N6/c1-68(2)56-32-17-15-31-53(56)64-62(68)61-60(73(64)49-27-13-6-14-28-49)39-36-52-55-42-46(45-34-37-58-54(41-45)51-30-16-18-33-57(51)72(58)48-25-11-5-12-26-48)35-38-59(55)74(63(52)61)50-29-19-24-47(40-50)67-70-65(43-20-7-3-8-21-43)69-66(71-67)44-22-9-4-10-23-44/h3-42H,1-2H3. The molecule has 4 aromatic heterocycles. The van der Waals surface area contributed by atoms with E-state index in [-0.39, 0.29) is 5.41 Å². The lowest BCUT2D eigenvalue weighted by molar-refractivity contribution is 0.666. The molecule has 1 aliphatic rings. The Bertz CT molecular complexity index is 4490. The third kappa shape index (κ3) is 6.28. The molecule has 15 rings (SSSR count). The maximum Gasteiger partial charge on any atom is 0.164 e. The van der Waals surface area contributed by atoms with Crippen LogP contribution in [0.15, 0.2) is 243 Å². The molecule has 0 aliphatic heterocycles. The number of fused-ring (bicyclic) bond motifs is 12. The number of rotatable bonds is 7. The molecule has 0 radical (unpaired) electrons. The SMILES string of the molecule is CC1(C)c2ccccc2-c2c1c1c(ccc3c4cc(-c5ccc6c(c5)c5ccccc5n6-c5ccccc5)ccc4n(-c4cccc(-c5nc(-c6ccccc6)nc(-c6ccccc6)n5)c4)c31)n2-c1ccccc1. The summed E-state index contributed by atoms with van der Waals surface area (Å²) in [5, 5.41) is 6.09. The largest absolute Gasteiger partial charge is 0.309 e. The summed E-state index contributed by atoms with van der Waals surface area (Å²) in [4.78, 5) is 15.4. The Balaban J connectivity index is 1.01. The van der Waals surface area contributed by atoms with Crippen LogP contribution in [0.4, 0.5) is 0 Å². The molecule has 1 aliphatic carbocycles. The van der Waals surface area contributed by atoms with Crippen molar-refractivity contribution in [3.05, 3.63) is 254 Å². The van der Waals surface area contributed by atoms with E-state index >= 15 is 0 Å². The molecule has 0 saturated heterocycles. The molecule has 10 aromatic carbocycles. The first-order valence-corrected chi connectivity index (χ1v) is 25.4. The normalized spacial score (nSPS) is 12.8. The van der Waals surface area contributed by atoms with Gasteiger partial charge in [-0.2, -0.15) is 0 Å². The summed E-state index contributed by atoms with van der Waals surface area (Å²) in [7, 11) is 0. The van der Waals surface area contributed by atoms with Gasteiger partial charge in [0.2, 0.25) is 0 Å². The van der Waals surface area contributed by atoms with Crippen molar-refractivity contribution in [3.63, 3.8) is 0 Å². The third-order valence-corrected chi connectivity index (χ3v) is 15.4. The highest BCUT2D eigenvalue weighted by Crippen LogP contribution is 2.56. The van der Waals surface area contributed by atoms with Crippen LogP contribution in [-0.2, 0) is 5.41 Å². The van der Waals surface area contributed by atoms with Crippen molar-refractivity contribution in [2.24, 2.45) is 0 Å². The first-order chi connectivity index (χ1) is 36.5. The lowest BCUT2D eigenvalue weighted by Gasteiger charge is -2.22. The summed E-state index contributed by atoms with van der Waals surface area (Å²) < 4.78 is 7.39. The van der Waals surface area contributed by atoms with E-state index in [1.165, 1.54) is 76.9 Å². The van der Waals surface area contributed by atoms with E-state index in [2.05, 4.69) is 234 Å². The van der Waals surface area contributed by atoms with E-state index in [1.807, 2.05) is 36.4 Å². The molecule has 6 heteroatoms. The van der Waals surface area contributed by atoms with Crippen molar-refractivity contribution in [1.29, 1.82) is 0 Å². The van der Waals surface area contributed by atoms with Crippen molar-refractivity contribution in [1.82, 2.24) is 28.7 Å². The fourth-order valence-electron chi connectivity index (χ4n) is 12.1. The van der Waals surface area contributed by atoms with Gasteiger partial charge in [0, 0.05) is 71.7 Å². The van der Waals surface area contributed by atoms with Crippen LogP contribution in [0.2, 0.25) is 0 Å².